The van der Waals surface area contributed by atoms with Crippen molar-refractivity contribution in [1.29, 1.82) is 0 Å². The zero-order valence-corrected chi connectivity index (χ0v) is 25.3. The molecule has 0 aromatic heterocycles. The van der Waals surface area contributed by atoms with Gasteiger partial charge in [-0.3, -0.25) is 0 Å². The Bertz CT molecular complexity index is 1470. The van der Waals surface area contributed by atoms with Gasteiger partial charge in [-0.2, -0.15) is 0 Å². The van der Waals surface area contributed by atoms with E-state index in [9.17, 15) is 26.3 Å². The molecule has 0 radical (unpaired) electrons. The molecule has 2 aliphatic carbocycles. The number of benzene rings is 3. The maximum Gasteiger partial charge on any atom is 0.573 e. The Labute approximate surface area is 259 Å². The molecule has 0 heterocycles. The average molecular weight is 639 g/mol. The molecule has 1 atom stereocenters. The van der Waals surface area contributed by atoms with Crippen LogP contribution in [0.5, 0.6) is 5.75 Å². The van der Waals surface area contributed by atoms with Gasteiger partial charge >= 0.3 is 6.36 Å². The van der Waals surface area contributed by atoms with Crippen LogP contribution in [0.3, 0.4) is 0 Å². The average Bonchev–Trinajstić information content (AvgIpc) is 2.97. The zero-order valence-electron chi connectivity index (χ0n) is 25.3. The van der Waals surface area contributed by atoms with Crippen LogP contribution < -0.4 is 4.74 Å². The van der Waals surface area contributed by atoms with Gasteiger partial charge in [-0.05, 0) is 141 Å². The number of hydrogen-bond donors (Lipinski definition) is 0. The summed E-state index contributed by atoms with van der Waals surface area (Å²) >= 11 is 0. The van der Waals surface area contributed by atoms with E-state index in [1.165, 1.54) is 24.3 Å². The van der Waals surface area contributed by atoms with Crippen LogP contribution >= 0.6 is 0 Å². The summed E-state index contributed by atoms with van der Waals surface area (Å²) in [5.41, 5.74) is 2.42. The van der Waals surface area contributed by atoms with Gasteiger partial charge in [0.1, 0.15) is 23.3 Å². The van der Waals surface area contributed by atoms with Gasteiger partial charge in [-0.1, -0.05) is 25.8 Å². The summed E-state index contributed by atoms with van der Waals surface area (Å²) in [6.07, 6.45) is 2.72. The van der Waals surface area contributed by atoms with Crippen LogP contribution in [0, 0.1) is 35.0 Å². The van der Waals surface area contributed by atoms with E-state index >= 15 is 8.78 Å². The summed E-state index contributed by atoms with van der Waals surface area (Å²) in [4.78, 5) is 0. The molecule has 1 nitrogen and oxygen atoms in total. The molecule has 1 saturated carbocycles. The van der Waals surface area contributed by atoms with Crippen LogP contribution in [0.4, 0.5) is 35.1 Å². The number of rotatable bonds is 10. The molecule has 0 amide bonds. The lowest BCUT2D eigenvalue weighted by Gasteiger charge is -2.32. The zero-order chi connectivity index (χ0) is 32.3. The molecular formula is C36H38F8O. The number of ether oxygens (including phenoxy) is 1. The number of unbranched alkanes of at least 4 members (excludes halogenated alkanes) is 2. The van der Waals surface area contributed by atoms with Gasteiger partial charge in [0.25, 0.3) is 0 Å². The lowest BCUT2D eigenvalue weighted by molar-refractivity contribution is -0.275. The van der Waals surface area contributed by atoms with Crippen molar-refractivity contribution in [2.45, 2.75) is 109 Å². The third-order valence-corrected chi connectivity index (χ3v) is 9.62. The second-order valence-corrected chi connectivity index (χ2v) is 12.7. The Morgan fingerprint density at radius 2 is 1.44 bits per heavy atom. The van der Waals surface area contributed by atoms with Crippen molar-refractivity contribution >= 4 is 0 Å². The number of aryl methyl sites for hydroxylation is 1. The summed E-state index contributed by atoms with van der Waals surface area (Å²) in [7, 11) is 0. The predicted octanol–water partition coefficient (Wildman–Crippen LogP) is 11.2. The first-order valence-corrected chi connectivity index (χ1v) is 15.9. The molecule has 244 valence electrons. The molecule has 0 saturated heterocycles. The maximum atomic E-state index is 15.8. The van der Waals surface area contributed by atoms with Gasteiger partial charge in [0.2, 0.25) is 0 Å². The molecule has 0 spiro atoms. The largest absolute Gasteiger partial charge is 0.573 e. The lowest BCUT2D eigenvalue weighted by atomic mass is 9.74. The summed E-state index contributed by atoms with van der Waals surface area (Å²) in [5, 5.41) is 0. The Morgan fingerprint density at radius 1 is 0.756 bits per heavy atom. The fraction of sp³-hybridized carbons (Fsp3) is 0.500. The van der Waals surface area contributed by atoms with Gasteiger partial charge in [0.05, 0.1) is 0 Å². The van der Waals surface area contributed by atoms with Crippen molar-refractivity contribution < 1.29 is 39.9 Å². The molecule has 3 aromatic rings. The van der Waals surface area contributed by atoms with Crippen LogP contribution in [0.25, 0.3) is 0 Å². The number of hydrogen-bond acceptors (Lipinski definition) is 1. The highest BCUT2D eigenvalue weighted by atomic mass is 19.4. The van der Waals surface area contributed by atoms with E-state index in [0.29, 0.717) is 80.0 Å². The van der Waals surface area contributed by atoms with Crippen LogP contribution in [0.15, 0.2) is 36.4 Å². The molecule has 0 N–H and O–H groups in total. The van der Waals surface area contributed by atoms with Gasteiger partial charge < -0.3 is 4.74 Å². The van der Waals surface area contributed by atoms with Crippen LogP contribution in [0.1, 0.15) is 110 Å². The second-order valence-electron chi connectivity index (χ2n) is 12.7. The molecule has 2 aliphatic rings. The second kappa shape index (κ2) is 14.1. The number of alkyl halides is 3. The molecule has 3 aromatic carbocycles. The molecule has 9 heteroatoms. The van der Waals surface area contributed by atoms with Gasteiger partial charge in [0, 0.05) is 11.1 Å². The summed E-state index contributed by atoms with van der Waals surface area (Å²) in [5.74, 6) is -4.67. The maximum absolute atomic E-state index is 15.8. The standard InChI is InChI=1S/C36H38F8O/c1-2-3-4-5-22-17-29(37)28(30(38)18-22)14-7-21-6-13-27-26(16-21)20-32(40)34(35(27)41)24-10-8-23(9-11-24)25-12-15-33(31(39)19-25)45-36(42,43)44/h12,15,17-21,23-24H,2-11,13-14,16H2,1H3. The van der Waals surface area contributed by atoms with E-state index in [4.69, 9.17) is 0 Å². The minimum Gasteiger partial charge on any atom is -0.403 e. The fourth-order valence-corrected chi connectivity index (χ4v) is 7.22. The highest BCUT2D eigenvalue weighted by Crippen LogP contribution is 2.44. The normalized spacial score (nSPS) is 20.2. The minimum absolute atomic E-state index is 0.0499. The van der Waals surface area contributed by atoms with E-state index in [1.54, 1.807) is 0 Å². The lowest BCUT2D eigenvalue weighted by Crippen LogP contribution is -2.21. The molecule has 45 heavy (non-hydrogen) atoms. The van der Waals surface area contributed by atoms with Crippen molar-refractivity contribution in [1.82, 2.24) is 0 Å². The predicted molar refractivity (Wildman–Crippen MR) is 157 cm³/mol. The SMILES string of the molecule is CCCCCc1cc(F)c(CCC2CCc3c(cc(F)c(C4CCC(c5ccc(OC(F)(F)F)c(F)c5)CC4)c3F)C2)c(F)c1. The summed E-state index contributed by atoms with van der Waals surface area (Å²) in [6.45, 7) is 2.07. The molecule has 0 aliphatic heterocycles. The monoisotopic (exact) mass is 638 g/mol. The Morgan fingerprint density at radius 3 is 2.09 bits per heavy atom. The summed E-state index contributed by atoms with van der Waals surface area (Å²) in [6, 6.07) is 7.65. The first kappa shape index (κ1) is 33.3. The topological polar surface area (TPSA) is 9.23 Å². The highest BCUT2D eigenvalue weighted by Gasteiger charge is 2.34. The van der Waals surface area contributed by atoms with Crippen LogP contribution in [-0.2, 0) is 25.7 Å². The van der Waals surface area contributed by atoms with E-state index in [2.05, 4.69) is 11.7 Å². The molecule has 1 unspecified atom stereocenters. The van der Waals surface area contributed by atoms with Crippen molar-refractivity contribution in [2.24, 2.45) is 5.92 Å². The minimum atomic E-state index is -5.00. The van der Waals surface area contributed by atoms with E-state index in [-0.39, 0.29) is 35.3 Å². The third-order valence-electron chi connectivity index (χ3n) is 9.62. The van der Waals surface area contributed by atoms with Crippen molar-refractivity contribution in [3.05, 3.63) is 98.9 Å². The van der Waals surface area contributed by atoms with Gasteiger partial charge in [-0.25, -0.2) is 22.0 Å². The van der Waals surface area contributed by atoms with Crippen molar-refractivity contribution in [2.75, 3.05) is 0 Å². The highest BCUT2D eigenvalue weighted by molar-refractivity contribution is 5.40. The Hall–Kier alpha value is -3.10. The third kappa shape index (κ3) is 8.01. The smallest absolute Gasteiger partial charge is 0.403 e. The summed E-state index contributed by atoms with van der Waals surface area (Å²) < 4.78 is 116. The Balaban J connectivity index is 1.20. The molecular weight excluding hydrogens is 600 g/mol. The van der Waals surface area contributed by atoms with Gasteiger partial charge in [0.15, 0.2) is 11.6 Å². The fourth-order valence-electron chi connectivity index (χ4n) is 7.22. The molecule has 0 bridgehead atoms. The van der Waals surface area contributed by atoms with E-state index < -0.39 is 41.2 Å². The quantitative estimate of drug-likeness (QED) is 0.159. The van der Waals surface area contributed by atoms with Crippen LogP contribution in [0.2, 0.25) is 0 Å². The molecule has 1 fully saturated rings. The van der Waals surface area contributed by atoms with Gasteiger partial charge in [-0.15, -0.1) is 13.2 Å². The Kier molecular flexibility index (Phi) is 10.4. The van der Waals surface area contributed by atoms with Crippen LogP contribution in [-0.4, -0.2) is 6.36 Å². The van der Waals surface area contributed by atoms with E-state index in [0.717, 1.165) is 31.4 Å². The van der Waals surface area contributed by atoms with Crippen molar-refractivity contribution in [3.8, 4) is 5.75 Å². The molecule has 5 rings (SSSR count). The first-order valence-electron chi connectivity index (χ1n) is 15.9. The van der Waals surface area contributed by atoms with E-state index in [1.807, 2.05) is 0 Å². The number of fused-ring (bicyclic) bond motifs is 1. The first-order chi connectivity index (χ1) is 21.4. The number of halogens is 8. The van der Waals surface area contributed by atoms with Crippen molar-refractivity contribution in [3.63, 3.8) is 0 Å².